The van der Waals surface area contributed by atoms with Crippen molar-refractivity contribution in [3.63, 3.8) is 0 Å². The van der Waals surface area contributed by atoms with E-state index in [9.17, 15) is 0 Å². The van der Waals surface area contributed by atoms with Crippen molar-refractivity contribution in [2.75, 3.05) is 31.6 Å². The number of piperidine rings is 1. The van der Waals surface area contributed by atoms with Gasteiger partial charge in [0.15, 0.2) is 0 Å². The number of likely N-dealkylation sites (N-methyl/N-ethyl adjacent to an activating group) is 1. The largest absolute Gasteiger partial charge is 0.373 e. The zero-order valence-electron chi connectivity index (χ0n) is 15.9. The molecule has 2 saturated heterocycles. The summed E-state index contributed by atoms with van der Waals surface area (Å²) in [5.41, 5.74) is 2.52. The van der Waals surface area contributed by atoms with Crippen LogP contribution in [-0.4, -0.2) is 48.3 Å². The molecule has 26 heavy (non-hydrogen) atoms. The lowest BCUT2D eigenvalue weighted by molar-refractivity contribution is -0.0158. The Hall–Kier alpha value is -1.91. The van der Waals surface area contributed by atoms with Gasteiger partial charge in [-0.05, 0) is 50.9 Å². The first kappa shape index (κ1) is 17.5. The predicted octanol–water partition coefficient (Wildman–Crippen LogP) is 3.65. The van der Waals surface area contributed by atoms with Crippen molar-refractivity contribution in [3.8, 4) is 0 Å². The van der Waals surface area contributed by atoms with Gasteiger partial charge in [0, 0.05) is 31.4 Å². The van der Waals surface area contributed by atoms with Crippen LogP contribution in [0.1, 0.15) is 30.5 Å². The summed E-state index contributed by atoms with van der Waals surface area (Å²) >= 11 is 0. The number of aromatic nitrogens is 1. The number of benzene rings is 1. The molecule has 4 heteroatoms. The van der Waals surface area contributed by atoms with Crippen molar-refractivity contribution in [2.24, 2.45) is 0 Å². The summed E-state index contributed by atoms with van der Waals surface area (Å²) in [6.45, 7) is 5.97. The predicted molar refractivity (Wildman–Crippen MR) is 105 cm³/mol. The van der Waals surface area contributed by atoms with Gasteiger partial charge >= 0.3 is 0 Å². The monoisotopic (exact) mass is 351 g/mol. The highest BCUT2D eigenvalue weighted by atomic mass is 16.5. The van der Waals surface area contributed by atoms with E-state index in [0.29, 0.717) is 6.04 Å². The number of ether oxygens (including phenoxy) is 1. The van der Waals surface area contributed by atoms with Crippen molar-refractivity contribution < 1.29 is 4.74 Å². The Morgan fingerprint density at radius 3 is 2.62 bits per heavy atom. The molecule has 2 aliphatic rings. The molecule has 2 aromatic rings. The van der Waals surface area contributed by atoms with Crippen LogP contribution in [0.15, 0.2) is 48.5 Å². The van der Waals surface area contributed by atoms with E-state index < -0.39 is 0 Å². The molecule has 0 saturated carbocycles. The summed E-state index contributed by atoms with van der Waals surface area (Å²) in [5, 5.41) is 0. The van der Waals surface area contributed by atoms with Gasteiger partial charge in [0.25, 0.3) is 0 Å². The molecular formula is C22H29N3O. The van der Waals surface area contributed by atoms with E-state index >= 15 is 0 Å². The minimum atomic E-state index is 0.0654. The van der Waals surface area contributed by atoms with Crippen LogP contribution in [0, 0.1) is 6.92 Å². The molecule has 4 nitrogen and oxygen atoms in total. The fraction of sp³-hybridized carbons (Fsp3) is 0.500. The molecule has 1 spiro atoms. The van der Waals surface area contributed by atoms with Crippen LogP contribution >= 0.6 is 0 Å². The van der Waals surface area contributed by atoms with Crippen molar-refractivity contribution in [3.05, 3.63) is 59.8 Å². The van der Waals surface area contributed by atoms with Gasteiger partial charge in [-0.1, -0.05) is 36.4 Å². The van der Waals surface area contributed by atoms with Crippen molar-refractivity contribution >= 4 is 5.82 Å². The molecule has 0 amide bonds. The number of hydrogen-bond donors (Lipinski definition) is 0. The quantitative estimate of drug-likeness (QED) is 0.841. The van der Waals surface area contributed by atoms with Crippen molar-refractivity contribution in [1.29, 1.82) is 0 Å². The van der Waals surface area contributed by atoms with Gasteiger partial charge < -0.3 is 9.64 Å². The number of hydrogen-bond acceptors (Lipinski definition) is 4. The number of aryl methyl sites for hydroxylation is 1. The molecular weight excluding hydrogens is 322 g/mol. The SMILES string of the molecule is Cc1cccc(N2CCC3(CC2)C[C@@H](N(C)Cc2ccccc2)CO3)n1. The smallest absolute Gasteiger partial charge is 0.128 e. The summed E-state index contributed by atoms with van der Waals surface area (Å²) < 4.78 is 6.37. The van der Waals surface area contributed by atoms with Crippen LogP contribution in [0.4, 0.5) is 5.82 Å². The molecule has 1 atom stereocenters. The van der Waals surface area contributed by atoms with Crippen LogP contribution < -0.4 is 4.90 Å². The minimum Gasteiger partial charge on any atom is -0.373 e. The maximum absolute atomic E-state index is 6.37. The summed E-state index contributed by atoms with van der Waals surface area (Å²) in [7, 11) is 2.23. The van der Waals surface area contributed by atoms with E-state index in [1.165, 1.54) is 5.56 Å². The topological polar surface area (TPSA) is 28.6 Å². The third-order valence-electron chi connectivity index (χ3n) is 5.96. The van der Waals surface area contributed by atoms with Crippen LogP contribution in [0.2, 0.25) is 0 Å². The van der Waals surface area contributed by atoms with Crippen LogP contribution in [0.3, 0.4) is 0 Å². The summed E-state index contributed by atoms with van der Waals surface area (Å²) in [4.78, 5) is 9.54. The molecule has 138 valence electrons. The first-order chi connectivity index (χ1) is 12.6. The van der Waals surface area contributed by atoms with Crippen LogP contribution in [0.25, 0.3) is 0 Å². The first-order valence-corrected chi connectivity index (χ1v) is 9.70. The van der Waals surface area contributed by atoms with Gasteiger partial charge in [0.05, 0.1) is 12.2 Å². The second-order valence-corrected chi connectivity index (χ2v) is 7.88. The molecule has 0 aliphatic carbocycles. The van der Waals surface area contributed by atoms with Crippen molar-refractivity contribution in [2.45, 2.75) is 44.4 Å². The highest BCUT2D eigenvalue weighted by molar-refractivity contribution is 5.40. The van der Waals surface area contributed by atoms with Gasteiger partial charge in [-0.3, -0.25) is 4.90 Å². The summed E-state index contributed by atoms with van der Waals surface area (Å²) in [6, 6.07) is 17.5. The third kappa shape index (κ3) is 3.76. The van der Waals surface area contributed by atoms with Gasteiger partial charge in [-0.2, -0.15) is 0 Å². The second-order valence-electron chi connectivity index (χ2n) is 7.88. The van der Waals surface area contributed by atoms with Gasteiger partial charge in [0.1, 0.15) is 5.82 Å². The highest BCUT2D eigenvalue weighted by Crippen LogP contribution is 2.38. The molecule has 1 aromatic heterocycles. The number of rotatable bonds is 4. The van der Waals surface area contributed by atoms with Crippen LogP contribution in [-0.2, 0) is 11.3 Å². The maximum Gasteiger partial charge on any atom is 0.128 e. The Bertz CT molecular complexity index is 725. The number of pyridine rings is 1. The van der Waals surface area contributed by atoms with Gasteiger partial charge in [-0.15, -0.1) is 0 Å². The zero-order chi connectivity index (χ0) is 18.0. The van der Waals surface area contributed by atoms with E-state index in [2.05, 4.69) is 77.3 Å². The number of nitrogens with zero attached hydrogens (tertiary/aromatic N) is 3. The Balaban J connectivity index is 1.34. The standard InChI is InChI=1S/C22H29N3O/c1-18-7-6-10-21(23-18)25-13-11-22(12-14-25)15-20(17-26-22)24(2)16-19-8-4-3-5-9-19/h3-10,20H,11-17H2,1-2H3/t20-/m1/s1. The maximum atomic E-state index is 6.37. The van der Waals surface area contributed by atoms with E-state index in [-0.39, 0.29) is 5.60 Å². The molecule has 0 radical (unpaired) electrons. The average Bonchev–Trinajstić information content (AvgIpc) is 3.07. The first-order valence-electron chi connectivity index (χ1n) is 9.70. The molecule has 2 fully saturated rings. The lowest BCUT2D eigenvalue weighted by Crippen LogP contribution is -2.45. The normalized spacial score (nSPS) is 22.3. The van der Waals surface area contributed by atoms with Gasteiger partial charge in [0.2, 0.25) is 0 Å². The average molecular weight is 351 g/mol. The molecule has 3 heterocycles. The Morgan fingerprint density at radius 1 is 1.12 bits per heavy atom. The fourth-order valence-corrected chi connectivity index (χ4v) is 4.30. The molecule has 0 N–H and O–H groups in total. The second kappa shape index (κ2) is 7.37. The molecule has 2 aliphatic heterocycles. The Kier molecular flexibility index (Phi) is 4.96. The van der Waals surface area contributed by atoms with E-state index in [0.717, 1.165) is 57.0 Å². The Labute approximate surface area is 156 Å². The fourth-order valence-electron chi connectivity index (χ4n) is 4.30. The Morgan fingerprint density at radius 2 is 1.88 bits per heavy atom. The van der Waals surface area contributed by atoms with Crippen molar-refractivity contribution in [1.82, 2.24) is 9.88 Å². The summed E-state index contributed by atoms with van der Waals surface area (Å²) in [6.07, 6.45) is 3.34. The minimum absolute atomic E-state index is 0.0654. The third-order valence-corrected chi connectivity index (χ3v) is 5.96. The van der Waals surface area contributed by atoms with E-state index in [1.807, 2.05) is 0 Å². The lowest BCUT2D eigenvalue weighted by Gasteiger charge is -2.39. The van der Waals surface area contributed by atoms with Gasteiger partial charge in [-0.25, -0.2) is 4.98 Å². The summed E-state index contributed by atoms with van der Waals surface area (Å²) in [5.74, 6) is 1.11. The zero-order valence-corrected chi connectivity index (χ0v) is 15.9. The molecule has 0 bridgehead atoms. The van der Waals surface area contributed by atoms with Crippen LogP contribution in [0.5, 0.6) is 0 Å². The highest BCUT2D eigenvalue weighted by Gasteiger charge is 2.43. The molecule has 0 unspecified atom stereocenters. The number of anilines is 1. The molecule has 1 aromatic carbocycles. The lowest BCUT2D eigenvalue weighted by atomic mass is 9.87. The molecule has 4 rings (SSSR count). The van der Waals surface area contributed by atoms with E-state index in [1.54, 1.807) is 0 Å². The van der Waals surface area contributed by atoms with E-state index in [4.69, 9.17) is 4.74 Å².